The van der Waals surface area contributed by atoms with E-state index in [0.717, 1.165) is 51.4 Å². The van der Waals surface area contributed by atoms with Crippen LogP contribution in [0.2, 0.25) is 0 Å². The Bertz CT molecular complexity index is 1440. The molecule has 3 aromatic rings. The Morgan fingerprint density at radius 3 is 2.46 bits per heavy atom. The SMILES string of the molecule is CC(C)(C)C1CCC(n2cc(-c3c[nH]c4ncc(F)cc34)nc(N[C@H]3C4CCC(CC4)[C@@H]3C(=O)O)c2=O)CC1. The van der Waals surface area contributed by atoms with Crippen molar-refractivity contribution in [1.82, 2.24) is 19.5 Å². The lowest BCUT2D eigenvalue weighted by molar-refractivity contribution is -0.148. The topological polar surface area (TPSA) is 113 Å². The van der Waals surface area contributed by atoms with Crippen LogP contribution in [0, 0.1) is 34.9 Å². The zero-order valence-electron chi connectivity index (χ0n) is 22.9. The third-order valence-corrected chi connectivity index (χ3v) is 9.83. The van der Waals surface area contributed by atoms with Gasteiger partial charge in [0.25, 0.3) is 5.56 Å². The molecule has 9 heteroatoms. The van der Waals surface area contributed by atoms with E-state index in [4.69, 9.17) is 4.98 Å². The van der Waals surface area contributed by atoms with Gasteiger partial charge in [-0.15, -0.1) is 0 Å². The number of pyridine rings is 1. The fourth-order valence-electron chi connectivity index (χ4n) is 7.59. The van der Waals surface area contributed by atoms with Crippen LogP contribution in [0.25, 0.3) is 22.3 Å². The summed E-state index contributed by atoms with van der Waals surface area (Å²) in [5, 5.41) is 14.0. The number of aliphatic carboxylic acids is 1. The summed E-state index contributed by atoms with van der Waals surface area (Å²) in [5.41, 5.74) is 1.76. The van der Waals surface area contributed by atoms with Gasteiger partial charge >= 0.3 is 5.97 Å². The standard InChI is InChI=1S/C30H38FN5O3/c1-30(2,3)18-8-10-20(11-9-18)36-15-23(22-14-33-26-21(22)12-19(31)13-32-26)34-27(28(36)37)35-25-17-6-4-16(5-7-17)24(25)29(38)39/h12-18,20,24-25H,4-11H2,1-3H3,(H,32,33)(H,34,35)(H,38,39)/t16?,17?,18?,20?,24-,25-/m0/s1. The van der Waals surface area contributed by atoms with Gasteiger partial charge in [0.05, 0.1) is 17.8 Å². The number of carboxylic acids is 1. The number of carboxylic acid groups (broad SMARTS) is 1. The molecule has 0 radical (unpaired) electrons. The first-order valence-corrected chi connectivity index (χ1v) is 14.4. The van der Waals surface area contributed by atoms with E-state index >= 15 is 0 Å². The lowest BCUT2D eigenvalue weighted by Gasteiger charge is -2.47. The molecule has 3 aromatic heterocycles. The summed E-state index contributed by atoms with van der Waals surface area (Å²) in [7, 11) is 0. The van der Waals surface area contributed by atoms with Crippen LogP contribution in [0.4, 0.5) is 10.2 Å². The number of rotatable bonds is 5. The highest BCUT2D eigenvalue weighted by atomic mass is 19.1. The Morgan fingerprint density at radius 2 is 1.79 bits per heavy atom. The van der Waals surface area contributed by atoms with Gasteiger partial charge in [-0.2, -0.15) is 0 Å². The molecule has 0 aliphatic heterocycles. The van der Waals surface area contributed by atoms with Gasteiger partial charge in [0.2, 0.25) is 0 Å². The monoisotopic (exact) mass is 535 g/mol. The van der Waals surface area contributed by atoms with E-state index in [-0.39, 0.29) is 40.7 Å². The molecule has 7 rings (SSSR count). The van der Waals surface area contributed by atoms with Crippen molar-refractivity contribution in [3.63, 3.8) is 0 Å². The van der Waals surface area contributed by atoms with Gasteiger partial charge in [0.1, 0.15) is 11.5 Å². The van der Waals surface area contributed by atoms with Crippen molar-refractivity contribution in [2.45, 2.75) is 84.2 Å². The van der Waals surface area contributed by atoms with Crippen molar-refractivity contribution >= 4 is 22.8 Å². The normalized spacial score (nSPS) is 29.0. The first-order valence-electron chi connectivity index (χ1n) is 14.4. The second-order valence-corrected chi connectivity index (χ2v) is 13.0. The largest absolute Gasteiger partial charge is 0.481 e. The quantitative estimate of drug-likeness (QED) is 0.369. The second-order valence-electron chi connectivity index (χ2n) is 13.0. The Balaban J connectivity index is 1.42. The number of hydrogen-bond donors (Lipinski definition) is 3. The maximum atomic E-state index is 14.2. The summed E-state index contributed by atoms with van der Waals surface area (Å²) in [5.74, 6) is -0.693. The van der Waals surface area contributed by atoms with Crippen LogP contribution in [0.15, 0.2) is 29.5 Å². The van der Waals surface area contributed by atoms with Crippen molar-refractivity contribution in [2.75, 3.05) is 5.32 Å². The summed E-state index contributed by atoms with van der Waals surface area (Å²) in [6.45, 7) is 6.83. The van der Waals surface area contributed by atoms with E-state index in [9.17, 15) is 19.1 Å². The molecule has 2 bridgehead atoms. The lowest BCUT2D eigenvalue weighted by atomic mass is 9.61. The van der Waals surface area contributed by atoms with Gasteiger partial charge in [-0.05, 0) is 80.6 Å². The van der Waals surface area contributed by atoms with Crippen LogP contribution < -0.4 is 10.9 Å². The molecule has 208 valence electrons. The zero-order valence-corrected chi connectivity index (χ0v) is 22.9. The number of hydrogen-bond acceptors (Lipinski definition) is 5. The highest BCUT2D eigenvalue weighted by Crippen LogP contribution is 2.46. The second kappa shape index (κ2) is 9.75. The molecule has 4 aliphatic rings. The molecule has 3 heterocycles. The number of aromatic nitrogens is 4. The van der Waals surface area contributed by atoms with Crippen molar-refractivity contribution in [3.8, 4) is 11.3 Å². The molecule has 8 nitrogen and oxygen atoms in total. The van der Waals surface area contributed by atoms with Crippen LogP contribution in [0.1, 0.15) is 78.2 Å². The average Bonchev–Trinajstić information content (AvgIpc) is 3.33. The fourth-order valence-corrected chi connectivity index (χ4v) is 7.59. The van der Waals surface area contributed by atoms with Crippen molar-refractivity contribution in [1.29, 1.82) is 0 Å². The number of fused-ring (bicyclic) bond motifs is 4. The number of anilines is 1. The lowest BCUT2D eigenvalue weighted by Crippen LogP contribution is -2.52. The minimum absolute atomic E-state index is 0.0246. The average molecular weight is 536 g/mol. The Morgan fingerprint density at radius 1 is 1.10 bits per heavy atom. The third-order valence-electron chi connectivity index (χ3n) is 9.83. The number of nitrogens with one attached hydrogen (secondary N) is 2. The zero-order chi connectivity index (χ0) is 27.5. The minimum Gasteiger partial charge on any atom is -0.481 e. The summed E-state index contributed by atoms with van der Waals surface area (Å²) in [6, 6.07) is 1.11. The number of aromatic amines is 1. The number of nitrogens with zero attached hydrogens (tertiary/aromatic N) is 3. The number of halogens is 1. The minimum atomic E-state index is -0.808. The van der Waals surface area contributed by atoms with Crippen LogP contribution in [-0.2, 0) is 4.79 Å². The molecule has 0 unspecified atom stereocenters. The van der Waals surface area contributed by atoms with Crippen molar-refractivity contribution < 1.29 is 14.3 Å². The van der Waals surface area contributed by atoms with Crippen LogP contribution in [0.3, 0.4) is 0 Å². The van der Waals surface area contributed by atoms with Crippen LogP contribution in [-0.4, -0.2) is 36.6 Å². The molecule has 4 saturated carbocycles. The van der Waals surface area contributed by atoms with E-state index in [1.807, 2.05) is 0 Å². The maximum Gasteiger partial charge on any atom is 0.308 e. The summed E-state index contributed by atoms with van der Waals surface area (Å²) in [4.78, 5) is 38.3. The molecule has 39 heavy (non-hydrogen) atoms. The van der Waals surface area contributed by atoms with Crippen LogP contribution in [0.5, 0.6) is 0 Å². The Labute approximate surface area is 227 Å². The Kier molecular flexibility index (Phi) is 6.50. The summed E-state index contributed by atoms with van der Waals surface area (Å²) < 4.78 is 15.9. The molecule has 4 fully saturated rings. The predicted molar refractivity (Wildman–Crippen MR) is 148 cm³/mol. The van der Waals surface area contributed by atoms with Gasteiger partial charge < -0.3 is 20.0 Å². The molecule has 2 atom stereocenters. The molecule has 4 aliphatic carbocycles. The molecule has 3 N–H and O–H groups in total. The van der Waals surface area contributed by atoms with E-state index < -0.39 is 17.7 Å². The Hall–Kier alpha value is -3.23. The van der Waals surface area contributed by atoms with E-state index in [2.05, 4.69) is 36.1 Å². The van der Waals surface area contributed by atoms with E-state index in [0.29, 0.717) is 28.2 Å². The molecule has 0 amide bonds. The number of carbonyl (C=O) groups is 1. The van der Waals surface area contributed by atoms with E-state index in [1.54, 1.807) is 17.0 Å². The molecular formula is C30H38FN5O3. The predicted octanol–water partition coefficient (Wildman–Crippen LogP) is 6.00. The van der Waals surface area contributed by atoms with Crippen LogP contribution >= 0.6 is 0 Å². The highest BCUT2D eigenvalue weighted by molar-refractivity contribution is 5.92. The van der Waals surface area contributed by atoms with Gasteiger partial charge in [-0.1, -0.05) is 20.8 Å². The number of H-pyrrole nitrogens is 1. The van der Waals surface area contributed by atoms with Crippen molar-refractivity contribution in [2.24, 2.45) is 29.1 Å². The highest BCUT2D eigenvalue weighted by Gasteiger charge is 2.47. The van der Waals surface area contributed by atoms with Gasteiger partial charge in [-0.3, -0.25) is 9.59 Å². The fraction of sp³-hybridized carbons (Fsp3) is 0.600. The van der Waals surface area contributed by atoms with E-state index in [1.165, 1.54) is 12.3 Å². The first kappa shape index (κ1) is 26.0. The summed E-state index contributed by atoms with van der Waals surface area (Å²) in [6.07, 6.45) is 12.3. The molecule has 0 spiro atoms. The van der Waals surface area contributed by atoms with Gasteiger partial charge in [0.15, 0.2) is 5.82 Å². The molecule has 0 aromatic carbocycles. The molecular weight excluding hydrogens is 497 g/mol. The van der Waals surface area contributed by atoms with Gasteiger partial charge in [-0.25, -0.2) is 14.4 Å². The summed E-state index contributed by atoms with van der Waals surface area (Å²) >= 11 is 0. The smallest absolute Gasteiger partial charge is 0.308 e. The van der Waals surface area contributed by atoms with Crippen molar-refractivity contribution in [3.05, 3.63) is 40.8 Å². The van der Waals surface area contributed by atoms with Gasteiger partial charge in [0, 0.05) is 35.4 Å². The third kappa shape index (κ3) is 4.74. The molecule has 0 saturated heterocycles. The first-order chi connectivity index (χ1) is 18.6. The maximum absolute atomic E-state index is 14.2.